The fourth-order valence-corrected chi connectivity index (χ4v) is 2.00. The van der Waals surface area contributed by atoms with E-state index in [1.54, 1.807) is 38.2 Å². The second kappa shape index (κ2) is 8.92. The summed E-state index contributed by atoms with van der Waals surface area (Å²) in [6.45, 7) is 3.61. The molecule has 0 aliphatic heterocycles. The van der Waals surface area contributed by atoms with Gasteiger partial charge < -0.3 is 14.7 Å². The first-order chi connectivity index (χ1) is 10.8. The number of Topliss-reactive ketones (excluding diaryl/α,β-unsaturated/α-hetero) is 1. The summed E-state index contributed by atoms with van der Waals surface area (Å²) in [5.41, 5.74) is 0.584. The van der Waals surface area contributed by atoms with Gasteiger partial charge in [0.25, 0.3) is 0 Å². The van der Waals surface area contributed by atoms with Crippen LogP contribution in [0.1, 0.15) is 37.0 Å². The van der Waals surface area contributed by atoms with E-state index in [4.69, 9.17) is 9.84 Å². The van der Waals surface area contributed by atoms with E-state index in [0.717, 1.165) is 0 Å². The zero-order valence-corrected chi connectivity index (χ0v) is 13.7. The number of ketones is 1. The van der Waals surface area contributed by atoms with Gasteiger partial charge in [0.05, 0.1) is 12.5 Å². The van der Waals surface area contributed by atoms with Crippen molar-refractivity contribution in [1.29, 1.82) is 0 Å². The van der Waals surface area contributed by atoms with Gasteiger partial charge in [-0.15, -0.1) is 0 Å². The van der Waals surface area contributed by atoms with Crippen molar-refractivity contribution in [3.05, 3.63) is 29.8 Å². The summed E-state index contributed by atoms with van der Waals surface area (Å²) in [4.78, 5) is 35.4. The number of aliphatic carboxylic acids is 1. The van der Waals surface area contributed by atoms with E-state index in [1.807, 2.05) is 0 Å². The minimum atomic E-state index is -0.918. The van der Waals surface area contributed by atoms with E-state index in [0.29, 0.717) is 24.3 Å². The van der Waals surface area contributed by atoms with E-state index >= 15 is 0 Å². The number of hydrogen-bond donors (Lipinski definition) is 1. The summed E-state index contributed by atoms with van der Waals surface area (Å²) in [6, 6.07) is 6.90. The zero-order valence-electron chi connectivity index (χ0n) is 13.7. The lowest BCUT2D eigenvalue weighted by molar-refractivity contribution is -0.142. The van der Waals surface area contributed by atoms with Gasteiger partial charge in [0.1, 0.15) is 5.75 Å². The number of carbonyl (C=O) groups excluding carboxylic acids is 2. The molecule has 0 aliphatic carbocycles. The Morgan fingerprint density at radius 3 is 2.61 bits per heavy atom. The molecule has 126 valence electrons. The number of carbonyl (C=O) groups is 3. The number of hydrogen-bond acceptors (Lipinski definition) is 4. The molecule has 0 saturated carbocycles. The molecule has 0 aliphatic rings. The Hall–Kier alpha value is -2.37. The lowest BCUT2D eigenvalue weighted by Crippen LogP contribution is -2.33. The highest BCUT2D eigenvalue weighted by molar-refractivity contribution is 5.94. The third-order valence-corrected chi connectivity index (χ3v) is 3.44. The Bertz CT molecular complexity index is 570. The maximum Gasteiger partial charge on any atom is 0.308 e. The molecule has 0 aromatic heterocycles. The molecule has 0 fully saturated rings. The second-order valence-electron chi connectivity index (χ2n) is 5.55. The van der Waals surface area contributed by atoms with Crippen LogP contribution in [0, 0.1) is 5.92 Å². The number of carboxylic acids is 1. The van der Waals surface area contributed by atoms with E-state index in [-0.39, 0.29) is 24.7 Å². The maximum absolute atomic E-state index is 11.9. The number of nitrogens with zero attached hydrogens (tertiary/aromatic N) is 1. The number of amides is 1. The molecule has 1 atom stereocenters. The normalized spacial score (nSPS) is 11.6. The second-order valence-corrected chi connectivity index (χ2v) is 5.55. The quantitative estimate of drug-likeness (QED) is 0.557. The van der Waals surface area contributed by atoms with Gasteiger partial charge in [-0.2, -0.15) is 0 Å². The average molecular weight is 321 g/mol. The Balaban J connectivity index is 2.34. The molecule has 1 rings (SSSR count). The molecule has 6 nitrogen and oxygen atoms in total. The van der Waals surface area contributed by atoms with Crippen molar-refractivity contribution >= 4 is 17.7 Å². The topological polar surface area (TPSA) is 83.9 Å². The predicted molar refractivity (Wildman–Crippen MR) is 85.6 cm³/mol. The third-order valence-electron chi connectivity index (χ3n) is 3.44. The van der Waals surface area contributed by atoms with Crippen LogP contribution in [0.5, 0.6) is 5.75 Å². The molecule has 1 unspecified atom stereocenters. The fraction of sp³-hybridized carbons (Fsp3) is 0.471. The van der Waals surface area contributed by atoms with Crippen LogP contribution >= 0.6 is 0 Å². The molecular formula is C17H23NO5. The molecule has 1 amide bonds. The van der Waals surface area contributed by atoms with Crippen LogP contribution in [0.15, 0.2) is 24.3 Å². The van der Waals surface area contributed by atoms with Crippen LogP contribution in [0.3, 0.4) is 0 Å². The van der Waals surface area contributed by atoms with Crippen LogP contribution in [0.2, 0.25) is 0 Å². The molecule has 1 N–H and O–H groups in total. The highest BCUT2D eigenvalue weighted by atomic mass is 16.5. The Labute approximate surface area is 136 Å². The Kier molecular flexibility index (Phi) is 7.25. The molecule has 1 aromatic rings. The molecule has 23 heavy (non-hydrogen) atoms. The Morgan fingerprint density at radius 2 is 2.00 bits per heavy atom. The number of benzene rings is 1. The molecule has 1 aromatic carbocycles. The monoisotopic (exact) mass is 321 g/mol. The average Bonchev–Trinajstić information content (AvgIpc) is 2.51. The minimum absolute atomic E-state index is 0.0280. The van der Waals surface area contributed by atoms with E-state index in [2.05, 4.69) is 0 Å². The zero-order chi connectivity index (χ0) is 17.4. The van der Waals surface area contributed by atoms with Crippen LogP contribution in [0.25, 0.3) is 0 Å². The van der Waals surface area contributed by atoms with Crippen molar-refractivity contribution in [1.82, 2.24) is 4.90 Å². The summed E-state index contributed by atoms with van der Waals surface area (Å²) in [5, 5.41) is 8.83. The first-order valence-corrected chi connectivity index (χ1v) is 7.52. The maximum atomic E-state index is 11.9. The van der Waals surface area contributed by atoms with Crippen molar-refractivity contribution in [3.8, 4) is 5.75 Å². The molecular weight excluding hydrogens is 298 g/mol. The predicted octanol–water partition coefficient (Wildman–Crippen LogP) is 2.23. The van der Waals surface area contributed by atoms with Gasteiger partial charge in [-0.1, -0.05) is 19.1 Å². The number of rotatable bonds is 9. The highest BCUT2D eigenvalue weighted by Gasteiger charge is 2.17. The van der Waals surface area contributed by atoms with Gasteiger partial charge in [-0.05, 0) is 25.5 Å². The largest absolute Gasteiger partial charge is 0.494 e. The molecule has 0 saturated heterocycles. The van der Waals surface area contributed by atoms with Crippen molar-refractivity contribution in [2.24, 2.45) is 5.92 Å². The van der Waals surface area contributed by atoms with Crippen LogP contribution in [-0.2, 0) is 9.59 Å². The van der Waals surface area contributed by atoms with Crippen LogP contribution in [0.4, 0.5) is 0 Å². The van der Waals surface area contributed by atoms with Crippen LogP contribution < -0.4 is 4.74 Å². The van der Waals surface area contributed by atoms with E-state index in [9.17, 15) is 14.4 Å². The molecule has 0 radical (unpaired) electrons. The number of ether oxygens (including phenoxy) is 1. The Morgan fingerprint density at radius 1 is 1.30 bits per heavy atom. The van der Waals surface area contributed by atoms with Crippen molar-refractivity contribution in [2.75, 3.05) is 20.2 Å². The summed E-state index contributed by atoms with van der Waals surface area (Å²) in [7, 11) is 1.60. The van der Waals surface area contributed by atoms with E-state index < -0.39 is 11.9 Å². The molecule has 0 heterocycles. The highest BCUT2D eigenvalue weighted by Crippen LogP contribution is 2.14. The van der Waals surface area contributed by atoms with E-state index in [1.165, 1.54) is 11.8 Å². The first kappa shape index (κ1) is 18.7. The van der Waals surface area contributed by atoms with Crippen LogP contribution in [-0.4, -0.2) is 47.9 Å². The smallest absolute Gasteiger partial charge is 0.308 e. The summed E-state index contributed by atoms with van der Waals surface area (Å²) < 4.78 is 5.53. The third kappa shape index (κ3) is 6.50. The standard InChI is InChI=1S/C17H23NO5/c1-12(17(21)22)11-18(3)16(20)8-5-9-23-15-7-4-6-14(10-15)13(2)19/h4,6-7,10,12H,5,8-9,11H2,1-3H3,(H,21,22). The summed E-state index contributed by atoms with van der Waals surface area (Å²) in [6.07, 6.45) is 0.810. The SMILES string of the molecule is CC(=O)c1cccc(OCCCC(=O)N(C)CC(C)C(=O)O)c1. The van der Waals surface area contributed by atoms with Crippen molar-refractivity contribution in [2.45, 2.75) is 26.7 Å². The lowest BCUT2D eigenvalue weighted by atomic mass is 10.1. The lowest BCUT2D eigenvalue weighted by Gasteiger charge is -2.19. The molecule has 0 spiro atoms. The fourth-order valence-electron chi connectivity index (χ4n) is 2.00. The van der Waals surface area contributed by atoms with Gasteiger partial charge in [-0.3, -0.25) is 14.4 Å². The van der Waals surface area contributed by atoms with Gasteiger partial charge >= 0.3 is 5.97 Å². The number of carboxylic acid groups (broad SMARTS) is 1. The van der Waals surface area contributed by atoms with Gasteiger partial charge in [0.2, 0.25) is 5.91 Å². The van der Waals surface area contributed by atoms with Crippen molar-refractivity contribution in [3.63, 3.8) is 0 Å². The van der Waals surface area contributed by atoms with Crippen molar-refractivity contribution < 1.29 is 24.2 Å². The summed E-state index contributed by atoms with van der Waals surface area (Å²) >= 11 is 0. The molecule has 6 heteroatoms. The van der Waals surface area contributed by atoms with Gasteiger partial charge in [0.15, 0.2) is 5.78 Å². The minimum Gasteiger partial charge on any atom is -0.494 e. The molecule has 0 bridgehead atoms. The van der Waals surface area contributed by atoms with Gasteiger partial charge in [-0.25, -0.2) is 0 Å². The van der Waals surface area contributed by atoms with Gasteiger partial charge in [0, 0.05) is 25.6 Å². The first-order valence-electron chi connectivity index (χ1n) is 7.52. The summed E-state index contributed by atoms with van der Waals surface area (Å²) in [5.74, 6) is -1.05.